The third kappa shape index (κ3) is 13.0. The van der Waals surface area contributed by atoms with E-state index >= 15 is 0 Å². The Labute approximate surface area is 221 Å². The molecule has 2 nitrogen and oxygen atoms in total. The van der Waals surface area contributed by atoms with Gasteiger partial charge in [0.05, 0.1) is 22.2 Å². The minimum Gasteiger partial charge on any atom is -0.505 e. The summed E-state index contributed by atoms with van der Waals surface area (Å²) < 4.78 is 13.1. The van der Waals surface area contributed by atoms with E-state index in [2.05, 4.69) is 20.8 Å². The maximum atomic E-state index is 13.1. The van der Waals surface area contributed by atoms with Gasteiger partial charge in [-0.05, 0) is 19.3 Å². The number of unbranched alkanes of at least 4 members (excludes halogenated alkanes) is 9. The van der Waals surface area contributed by atoms with Gasteiger partial charge >= 0.3 is 0 Å². The molecule has 0 heterocycles. The van der Waals surface area contributed by atoms with Gasteiger partial charge in [0.2, 0.25) is 0 Å². The molecule has 1 aromatic rings. The zero-order chi connectivity index (χ0) is 24.6. The van der Waals surface area contributed by atoms with Crippen molar-refractivity contribution < 1.29 is 9.67 Å². The highest BCUT2D eigenvalue weighted by Crippen LogP contribution is 2.49. The van der Waals surface area contributed by atoms with Gasteiger partial charge in [-0.2, -0.15) is 0 Å². The lowest BCUT2D eigenvalue weighted by atomic mass is 10.2. The van der Waals surface area contributed by atoms with E-state index in [1.54, 1.807) is 0 Å². The average Bonchev–Trinajstić information content (AvgIpc) is 2.79. The van der Waals surface area contributed by atoms with Crippen molar-refractivity contribution in [1.82, 2.24) is 0 Å². The van der Waals surface area contributed by atoms with E-state index in [9.17, 15) is 9.67 Å². The molecule has 0 aliphatic heterocycles. The van der Waals surface area contributed by atoms with Crippen molar-refractivity contribution in [3.05, 3.63) is 25.1 Å². The summed E-state index contributed by atoms with van der Waals surface area (Å²) >= 11 is 27.9. The van der Waals surface area contributed by atoms with E-state index in [1.165, 1.54) is 77.0 Å². The molecule has 8 heteroatoms. The molecular formula is C24H40Cl5O2P. The van der Waals surface area contributed by atoms with Crippen LogP contribution in [0.3, 0.4) is 0 Å². The highest BCUT2D eigenvalue weighted by atomic mass is 35.5. The fraction of sp³-hybridized carbons (Fsp3) is 0.750. The Balaban J connectivity index is 0.000000677. The highest BCUT2D eigenvalue weighted by molar-refractivity contribution is 7.63. The Morgan fingerprint density at radius 2 is 0.812 bits per heavy atom. The molecule has 0 atom stereocenters. The number of hydrogen-bond donors (Lipinski definition) is 1. The molecule has 0 amide bonds. The second-order valence-corrected chi connectivity index (χ2v) is 13.7. The molecule has 0 aliphatic carbocycles. The maximum Gasteiger partial charge on any atom is 0.155 e. The van der Waals surface area contributed by atoms with E-state index in [1.807, 2.05) is 0 Å². The molecule has 1 N–H and O–H groups in total. The minimum absolute atomic E-state index is 0.00904. The van der Waals surface area contributed by atoms with Crippen molar-refractivity contribution in [3.8, 4) is 5.75 Å². The summed E-state index contributed by atoms with van der Waals surface area (Å²) in [6.45, 7) is 6.74. The van der Waals surface area contributed by atoms with Gasteiger partial charge in [-0.1, -0.05) is 137 Å². The van der Waals surface area contributed by atoms with Gasteiger partial charge in [0.15, 0.2) is 5.75 Å². The zero-order valence-corrected chi connectivity index (χ0v) is 24.5. The normalized spacial score (nSPS) is 11.4. The SMILES string of the molecule is CCCCCCP(=O)(CCCCCC)CCCCCC.Oc1c(Cl)c(Cl)c(Cl)c(Cl)c1Cl. The Morgan fingerprint density at radius 3 is 1.09 bits per heavy atom. The van der Waals surface area contributed by atoms with Gasteiger partial charge in [-0.15, -0.1) is 0 Å². The van der Waals surface area contributed by atoms with Crippen LogP contribution >= 0.6 is 65.1 Å². The maximum absolute atomic E-state index is 13.1. The number of rotatable bonds is 15. The fourth-order valence-electron chi connectivity index (χ4n) is 3.41. The monoisotopic (exact) mass is 566 g/mol. The smallest absolute Gasteiger partial charge is 0.155 e. The standard InChI is InChI=1S/C18H39OP.C6HCl5O/c1-4-7-10-13-16-20(19,17-14-11-8-5-2)18-15-12-9-6-3;7-1-2(8)4(10)6(12)5(11)3(1)9/h4-18H2,1-3H3;12H. The van der Waals surface area contributed by atoms with Crippen LogP contribution in [0.5, 0.6) is 5.75 Å². The molecule has 1 rings (SSSR count). The topological polar surface area (TPSA) is 37.3 Å². The van der Waals surface area contributed by atoms with Gasteiger partial charge < -0.3 is 9.67 Å². The Morgan fingerprint density at radius 1 is 0.531 bits per heavy atom. The predicted molar refractivity (Wildman–Crippen MR) is 148 cm³/mol. The van der Waals surface area contributed by atoms with Crippen LogP contribution in [0.25, 0.3) is 0 Å². The largest absolute Gasteiger partial charge is 0.505 e. The Kier molecular flexibility index (Phi) is 19.4. The number of phenolic OH excluding ortho intramolecular Hbond substituents is 1. The molecule has 32 heavy (non-hydrogen) atoms. The van der Waals surface area contributed by atoms with Crippen molar-refractivity contribution in [2.24, 2.45) is 0 Å². The molecule has 0 spiro atoms. The molecule has 188 valence electrons. The van der Waals surface area contributed by atoms with Gasteiger partial charge in [0, 0.05) is 18.5 Å². The first-order chi connectivity index (χ1) is 15.1. The first kappa shape index (κ1) is 32.7. The van der Waals surface area contributed by atoms with Gasteiger partial charge in [0.25, 0.3) is 0 Å². The molecule has 0 aliphatic rings. The Hall–Kier alpha value is 0.700. The first-order valence-electron chi connectivity index (χ1n) is 11.9. The van der Waals surface area contributed by atoms with E-state index in [-0.39, 0.29) is 30.9 Å². The third-order valence-corrected chi connectivity index (χ3v) is 11.1. The minimum atomic E-state index is -1.84. The second-order valence-electron chi connectivity index (χ2n) is 8.33. The molecule has 1 aromatic carbocycles. The summed E-state index contributed by atoms with van der Waals surface area (Å²) in [6, 6.07) is 0. The summed E-state index contributed by atoms with van der Waals surface area (Å²) in [5, 5.41) is 9.01. The molecule has 0 bridgehead atoms. The first-order valence-corrected chi connectivity index (χ1v) is 16.1. The van der Waals surface area contributed by atoms with Crippen LogP contribution in [0.2, 0.25) is 25.1 Å². The van der Waals surface area contributed by atoms with E-state index in [0.717, 1.165) is 18.5 Å². The van der Waals surface area contributed by atoms with Gasteiger partial charge in [0.1, 0.15) is 10.0 Å². The van der Waals surface area contributed by atoms with Gasteiger partial charge in [-0.25, -0.2) is 0 Å². The fourth-order valence-corrected chi connectivity index (χ4v) is 7.61. The number of phenols is 1. The highest BCUT2D eigenvalue weighted by Gasteiger charge is 2.20. The van der Waals surface area contributed by atoms with Crippen LogP contribution in [0, 0.1) is 0 Å². The molecule has 0 aromatic heterocycles. The molecule has 0 saturated carbocycles. The van der Waals surface area contributed by atoms with Crippen LogP contribution in [0.1, 0.15) is 97.8 Å². The quantitative estimate of drug-likeness (QED) is 0.0989. The van der Waals surface area contributed by atoms with Crippen LogP contribution in [0.15, 0.2) is 0 Å². The number of halogens is 5. The summed E-state index contributed by atoms with van der Waals surface area (Å²) in [5.74, 6) is -0.363. The van der Waals surface area contributed by atoms with Gasteiger partial charge in [-0.3, -0.25) is 0 Å². The van der Waals surface area contributed by atoms with Crippen LogP contribution < -0.4 is 0 Å². The van der Waals surface area contributed by atoms with E-state index < -0.39 is 7.14 Å². The molecule has 0 unspecified atom stereocenters. The van der Waals surface area contributed by atoms with Crippen LogP contribution in [0.4, 0.5) is 0 Å². The summed E-state index contributed by atoms with van der Waals surface area (Å²) in [5.41, 5.74) is 0. The third-order valence-electron chi connectivity index (χ3n) is 5.44. The lowest BCUT2D eigenvalue weighted by molar-refractivity contribution is 0.476. The molecular weight excluding hydrogens is 529 g/mol. The van der Waals surface area contributed by atoms with Crippen molar-refractivity contribution in [3.63, 3.8) is 0 Å². The van der Waals surface area contributed by atoms with Crippen molar-refractivity contribution in [2.45, 2.75) is 97.8 Å². The summed E-state index contributed by atoms with van der Waals surface area (Å²) in [7, 11) is -1.84. The zero-order valence-electron chi connectivity index (χ0n) is 19.8. The Bertz CT molecular complexity index is 554. The number of aromatic hydroxyl groups is 1. The molecule has 0 fully saturated rings. The average molecular weight is 569 g/mol. The summed E-state index contributed by atoms with van der Waals surface area (Å²) in [6.07, 6.45) is 18.3. The van der Waals surface area contributed by atoms with Crippen molar-refractivity contribution in [2.75, 3.05) is 18.5 Å². The number of hydrogen-bond acceptors (Lipinski definition) is 2. The lowest BCUT2D eigenvalue weighted by Crippen LogP contribution is -2.01. The van der Waals surface area contributed by atoms with Crippen molar-refractivity contribution >= 4 is 65.1 Å². The molecule has 0 radical (unpaired) electrons. The van der Waals surface area contributed by atoms with Crippen LogP contribution in [-0.4, -0.2) is 23.6 Å². The number of benzene rings is 1. The molecule has 0 saturated heterocycles. The second kappa shape index (κ2) is 19.0. The van der Waals surface area contributed by atoms with E-state index in [0.29, 0.717) is 0 Å². The van der Waals surface area contributed by atoms with Crippen molar-refractivity contribution in [1.29, 1.82) is 0 Å². The van der Waals surface area contributed by atoms with Crippen LogP contribution in [-0.2, 0) is 4.57 Å². The summed E-state index contributed by atoms with van der Waals surface area (Å²) in [4.78, 5) is 0. The van der Waals surface area contributed by atoms with E-state index in [4.69, 9.17) is 58.0 Å². The predicted octanol–water partition coefficient (Wildman–Crippen LogP) is 11.7. The lowest BCUT2D eigenvalue weighted by Gasteiger charge is -2.18.